The second-order valence-electron chi connectivity index (χ2n) is 5.14. The minimum Gasteiger partial charge on any atom is -0.480 e. The van der Waals surface area contributed by atoms with Crippen LogP contribution in [0.2, 0.25) is 0 Å². The molecule has 0 aromatic heterocycles. The van der Waals surface area contributed by atoms with Gasteiger partial charge in [-0.3, -0.25) is 14.9 Å². The lowest BCUT2D eigenvalue weighted by molar-refractivity contribution is -0.139. The average molecular weight is 289 g/mol. The number of rotatable bonds is 7. The van der Waals surface area contributed by atoms with Crippen molar-refractivity contribution in [3.05, 3.63) is 29.8 Å². The van der Waals surface area contributed by atoms with E-state index in [1.54, 1.807) is 24.3 Å². The lowest BCUT2D eigenvalue weighted by Gasteiger charge is -2.16. The SMILES string of the molecule is CC(C)CC(NCC(=O)Nc1ccc(C#N)cc1)C(=O)O. The predicted molar refractivity (Wildman–Crippen MR) is 78.7 cm³/mol. The van der Waals surface area contributed by atoms with Crippen molar-refractivity contribution in [1.29, 1.82) is 5.26 Å². The van der Waals surface area contributed by atoms with Gasteiger partial charge in [-0.25, -0.2) is 0 Å². The van der Waals surface area contributed by atoms with Gasteiger partial charge in [-0.2, -0.15) is 5.26 Å². The first-order valence-corrected chi connectivity index (χ1v) is 6.68. The highest BCUT2D eigenvalue weighted by atomic mass is 16.4. The normalized spacial score (nSPS) is 11.7. The lowest BCUT2D eigenvalue weighted by Crippen LogP contribution is -2.42. The number of nitrogens with one attached hydrogen (secondary N) is 2. The number of nitrogens with zero attached hydrogens (tertiary/aromatic N) is 1. The quantitative estimate of drug-likeness (QED) is 0.707. The van der Waals surface area contributed by atoms with Crippen LogP contribution in [0.15, 0.2) is 24.3 Å². The van der Waals surface area contributed by atoms with E-state index in [0.29, 0.717) is 17.7 Å². The predicted octanol–water partition coefficient (Wildman–Crippen LogP) is 1.59. The van der Waals surface area contributed by atoms with E-state index < -0.39 is 12.0 Å². The van der Waals surface area contributed by atoms with Crippen LogP contribution in [-0.4, -0.2) is 29.6 Å². The van der Waals surface area contributed by atoms with Crippen molar-refractivity contribution in [2.24, 2.45) is 5.92 Å². The highest BCUT2D eigenvalue weighted by Gasteiger charge is 2.19. The van der Waals surface area contributed by atoms with Gasteiger partial charge in [0.1, 0.15) is 6.04 Å². The topological polar surface area (TPSA) is 102 Å². The van der Waals surface area contributed by atoms with Crippen molar-refractivity contribution < 1.29 is 14.7 Å². The van der Waals surface area contributed by atoms with Gasteiger partial charge in [-0.05, 0) is 36.6 Å². The number of nitriles is 1. The smallest absolute Gasteiger partial charge is 0.320 e. The minimum atomic E-state index is -0.963. The molecule has 1 aromatic carbocycles. The van der Waals surface area contributed by atoms with Gasteiger partial charge in [0.25, 0.3) is 0 Å². The summed E-state index contributed by atoms with van der Waals surface area (Å²) in [6.07, 6.45) is 0.458. The number of hydrogen-bond donors (Lipinski definition) is 3. The molecule has 6 nitrogen and oxygen atoms in total. The molecular weight excluding hydrogens is 270 g/mol. The maximum absolute atomic E-state index is 11.7. The highest BCUT2D eigenvalue weighted by Crippen LogP contribution is 2.08. The van der Waals surface area contributed by atoms with E-state index in [4.69, 9.17) is 10.4 Å². The maximum Gasteiger partial charge on any atom is 0.320 e. The van der Waals surface area contributed by atoms with E-state index in [9.17, 15) is 9.59 Å². The summed E-state index contributed by atoms with van der Waals surface area (Å²) >= 11 is 0. The number of hydrogen-bond acceptors (Lipinski definition) is 4. The van der Waals surface area contributed by atoms with Crippen molar-refractivity contribution in [1.82, 2.24) is 5.32 Å². The molecule has 0 fully saturated rings. The Balaban J connectivity index is 2.48. The summed E-state index contributed by atoms with van der Waals surface area (Å²) in [5.41, 5.74) is 1.07. The molecule has 0 saturated carbocycles. The molecule has 21 heavy (non-hydrogen) atoms. The van der Waals surface area contributed by atoms with Crippen molar-refractivity contribution in [2.45, 2.75) is 26.3 Å². The van der Waals surface area contributed by atoms with Crippen LogP contribution in [0.1, 0.15) is 25.8 Å². The number of benzene rings is 1. The Labute approximate surface area is 123 Å². The maximum atomic E-state index is 11.7. The fourth-order valence-corrected chi connectivity index (χ4v) is 1.79. The van der Waals surface area contributed by atoms with Crippen molar-refractivity contribution >= 4 is 17.6 Å². The molecule has 0 heterocycles. The second kappa shape index (κ2) is 8.02. The van der Waals surface area contributed by atoms with Gasteiger partial charge in [0.05, 0.1) is 18.2 Å². The number of carboxylic acid groups (broad SMARTS) is 1. The van der Waals surface area contributed by atoms with Gasteiger partial charge in [-0.15, -0.1) is 0 Å². The van der Waals surface area contributed by atoms with E-state index in [2.05, 4.69) is 10.6 Å². The number of carbonyl (C=O) groups excluding carboxylic acids is 1. The molecular formula is C15H19N3O3. The second-order valence-corrected chi connectivity index (χ2v) is 5.14. The van der Waals surface area contributed by atoms with Gasteiger partial charge >= 0.3 is 5.97 Å². The van der Waals surface area contributed by atoms with Gasteiger partial charge in [-0.1, -0.05) is 13.8 Å². The lowest BCUT2D eigenvalue weighted by atomic mass is 10.0. The molecule has 1 aromatic rings. The van der Waals surface area contributed by atoms with Gasteiger partial charge < -0.3 is 10.4 Å². The Hall–Kier alpha value is -2.39. The van der Waals surface area contributed by atoms with Crippen LogP contribution in [-0.2, 0) is 9.59 Å². The number of aliphatic carboxylic acids is 1. The van der Waals surface area contributed by atoms with Crippen LogP contribution < -0.4 is 10.6 Å². The molecule has 3 N–H and O–H groups in total. The molecule has 0 spiro atoms. The van der Waals surface area contributed by atoms with Crippen molar-refractivity contribution in [3.63, 3.8) is 0 Å². The summed E-state index contributed by atoms with van der Waals surface area (Å²) in [6, 6.07) is 7.70. The Morgan fingerprint density at radius 3 is 2.38 bits per heavy atom. The van der Waals surface area contributed by atoms with Crippen LogP contribution in [0.25, 0.3) is 0 Å². The van der Waals surface area contributed by atoms with Crippen molar-refractivity contribution in [2.75, 3.05) is 11.9 Å². The van der Waals surface area contributed by atoms with Crippen LogP contribution in [0.4, 0.5) is 5.69 Å². The summed E-state index contributed by atoms with van der Waals surface area (Å²) in [5, 5.41) is 23.1. The fraction of sp³-hybridized carbons (Fsp3) is 0.400. The molecule has 1 amide bonds. The third-order valence-corrected chi connectivity index (χ3v) is 2.81. The van der Waals surface area contributed by atoms with E-state index in [1.807, 2.05) is 19.9 Å². The van der Waals surface area contributed by atoms with Crippen LogP contribution in [0, 0.1) is 17.2 Å². The molecule has 0 aliphatic heterocycles. The summed E-state index contributed by atoms with van der Waals surface area (Å²) in [6.45, 7) is 3.77. The molecule has 0 radical (unpaired) electrons. The number of amides is 1. The zero-order chi connectivity index (χ0) is 15.8. The van der Waals surface area contributed by atoms with E-state index in [0.717, 1.165) is 0 Å². The summed E-state index contributed by atoms with van der Waals surface area (Å²) < 4.78 is 0. The Kier molecular flexibility index (Phi) is 6.37. The molecule has 1 rings (SSSR count). The Bertz CT molecular complexity index is 532. The van der Waals surface area contributed by atoms with Gasteiger partial charge in [0.2, 0.25) is 5.91 Å². The van der Waals surface area contributed by atoms with E-state index in [-0.39, 0.29) is 18.4 Å². The van der Waals surface area contributed by atoms with Crippen LogP contribution in [0.5, 0.6) is 0 Å². The summed E-state index contributed by atoms with van der Waals surface area (Å²) in [5.74, 6) is -1.07. The standard InChI is InChI=1S/C15H19N3O3/c1-10(2)7-13(15(20)21)17-9-14(19)18-12-5-3-11(8-16)4-6-12/h3-6,10,13,17H,7,9H2,1-2H3,(H,18,19)(H,20,21). The molecule has 1 atom stereocenters. The average Bonchev–Trinajstić information content (AvgIpc) is 2.43. The molecule has 0 aliphatic carbocycles. The monoisotopic (exact) mass is 289 g/mol. The molecule has 0 bridgehead atoms. The minimum absolute atomic E-state index is 0.0797. The van der Waals surface area contributed by atoms with Crippen LogP contribution in [0.3, 0.4) is 0 Å². The molecule has 0 saturated heterocycles. The molecule has 112 valence electrons. The molecule has 1 unspecified atom stereocenters. The molecule has 0 aliphatic rings. The first-order valence-electron chi connectivity index (χ1n) is 6.68. The Morgan fingerprint density at radius 2 is 1.90 bits per heavy atom. The Morgan fingerprint density at radius 1 is 1.29 bits per heavy atom. The van der Waals surface area contributed by atoms with Crippen LogP contribution >= 0.6 is 0 Å². The highest BCUT2D eigenvalue weighted by molar-refractivity contribution is 5.92. The first kappa shape index (κ1) is 16.7. The number of anilines is 1. The molecule has 6 heteroatoms. The van der Waals surface area contributed by atoms with E-state index in [1.165, 1.54) is 0 Å². The zero-order valence-corrected chi connectivity index (χ0v) is 12.1. The first-order chi connectivity index (χ1) is 9.92. The van der Waals surface area contributed by atoms with Gasteiger partial charge in [0, 0.05) is 5.69 Å². The van der Waals surface area contributed by atoms with E-state index >= 15 is 0 Å². The number of carbonyl (C=O) groups is 2. The van der Waals surface area contributed by atoms with Gasteiger partial charge in [0.15, 0.2) is 0 Å². The third kappa shape index (κ3) is 6.06. The van der Waals surface area contributed by atoms with Crippen molar-refractivity contribution in [3.8, 4) is 6.07 Å². The zero-order valence-electron chi connectivity index (χ0n) is 12.1. The largest absolute Gasteiger partial charge is 0.480 e. The summed E-state index contributed by atoms with van der Waals surface area (Å²) in [7, 11) is 0. The number of carboxylic acids is 1. The summed E-state index contributed by atoms with van der Waals surface area (Å²) in [4.78, 5) is 22.8. The third-order valence-electron chi connectivity index (χ3n) is 2.81. The fourth-order valence-electron chi connectivity index (χ4n) is 1.79.